The molecule has 14 nitrogen and oxygen atoms in total. The Morgan fingerprint density at radius 1 is 1.06 bits per heavy atom. The molecule has 2 amide bonds. The van der Waals surface area contributed by atoms with Gasteiger partial charge in [-0.15, -0.1) is 11.6 Å². The number of anilines is 1. The average molecular weight is 896 g/mol. The lowest BCUT2D eigenvalue weighted by atomic mass is 9.47. The second-order valence-corrected chi connectivity index (χ2v) is 19.6. The number of hydrogen-bond donors (Lipinski definition) is 2. The maximum absolute atomic E-state index is 15.5. The molecule has 1 aromatic heterocycles. The highest BCUT2D eigenvalue weighted by Crippen LogP contribution is 2.69. The highest BCUT2D eigenvalue weighted by molar-refractivity contribution is 6.19. The van der Waals surface area contributed by atoms with Gasteiger partial charge in [0.15, 0.2) is 6.10 Å². The number of halogens is 1. The number of allylic oxidation sites excluding steroid dienone is 1. The number of imide groups is 1. The first-order chi connectivity index (χ1) is 30.7. The van der Waals surface area contributed by atoms with Crippen LogP contribution in [-0.2, 0) is 45.8 Å². The van der Waals surface area contributed by atoms with Crippen molar-refractivity contribution in [2.24, 2.45) is 11.3 Å². The summed E-state index contributed by atoms with van der Waals surface area (Å²) in [5.41, 5.74) is -1.45. The third-order valence-corrected chi connectivity index (χ3v) is 16.6. The van der Waals surface area contributed by atoms with Gasteiger partial charge in [0, 0.05) is 103 Å². The van der Waals surface area contributed by atoms with Crippen LogP contribution < -0.4 is 9.64 Å². The van der Waals surface area contributed by atoms with E-state index in [1.807, 2.05) is 50.1 Å². The zero-order valence-electron chi connectivity index (χ0n) is 37.4. The van der Waals surface area contributed by atoms with Crippen LogP contribution in [0.25, 0.3) is 10.9 Å². The first-order valence-electron chi connectivity index (χ1n) is 22.7. The van der Waals surface area contributed by atoms with Crippen molar-refractivity contribution in [3.8, 4) is 5.75 Å². The number of methoxy groups -OCH3 is 2. The van der Waals surface area contributed by atoms with Gasteiger partial charge < -0.3 is 33.9 Å². The van der Waals surface area contributed by atoms with E-state index < -0.39 is 63.5 Å². The molecule has 64 heavy (non-hydrogen) atoms. The Morgan fingerprint density at radius 3 is 2.58 bits per heavy atom. The number of amides is 2. The zero-order valence-corrected chi connectivity index (χ0v) is 38.2. The van der Waals surface area contributed by atoms with E-state index >= 15 is 9.59 Å². The number of aromatic amines is 1. The molecule has 1 aliphatic carbocycles. The number of esters is 2. The summed E-state index contributed by atoms with van der Waals surface area (Å²) >= 11 is 6.06. The molecule has 340 valence electrons. The second-order valence-electron chi connectivity index (χ2n) is 19.3. The molecule has 7 heterocycles. The number of aromatic nitrogens is 1. The molecule has 1 saturated carbocycles. The number of aliphatic hydroxyl groups is 1. The van der Waals surface area contributed by atoms with Gasteiger partial charge in [0.1, 0.15) is 11.2 Å². The number of fused-ring (bicyclic) bond motifs is 7. The number of H-pyrrole nitrogens is 1. The van der Waals surface area contributed by atoms with Gasteiger partial charge in [0.25, 0.3) is 11.5 Å². The molecule has 1 unspecified atom stereocenters. The Hall–Kier alpha value is -4.89. The molecule has 2 N–H and O–H groups in total. The van der Waals surface area contributed by atoms with Crippen LogP contribution in [0.15, 0.2) is 60.8 Å². The van der Waals surface area contributed by atoms with E-state index in [0.29, 0.717) is 82.6 Å². The third-order valence-electron chi connectivity index (χ3n) is 16.4. The normalized spacial score (nSPS) is 36.3. The Bertz CT molecular complexity index is 2530. The number of para-hydroxylation sites is 1. The van der Waals surface area contributed by atoms with E-state index in [0.717, 1.165) is 38.3 Å². The minimum atomic E-state index is -2.01. The summed E-state index contributed by atoms with van der Waals surface area (Å²) in [6, 6.07) is 11.0. The SMILES string of the molecule is CC[C@]1(O)C[C@H]2CN(CCc3c([nH]c4ccccc34)[C@@](C(=O)OC)(c3cc4c(cc3OC)N(C)[C@H]3[C@]5(OC(=O)N(/C=C/CCl)C5=O)[C@H](OC(C)=O)[C@]5(CC)C=CCN6CC[C@]43[C@@H]65)C2)C1. The van der Waals surface area contributed by atoms with E-state index in [1.54, 1.807) is 7.11 Å². The molecular weight excluding hydrogens is 838 g/mol. The van der Waals surface area contributed by atoms with Crippen molar-refractivity contribution in [3.05, 3.63) is 83.2 Å². The number of likely N-dealkylation sites (N-methyl/N-ethyl adjacent to an activating group) is 1. The van der Waals surface area contributed by atoms with Gasteiger partial charge in [-0.05, 0) is 74.2 Å². The van der Waals surface area contributed by atoms with Crippen LogP contribution in [-0.4, -0.2) is 138 Å². The third kappa shape index (κ3) is 5.54. The van der Waals surface area contributed by atoms with E-state index in [2.05, 4.69) is 39.1 Å². The maximum Gasteiger partial charge on any atom is 0.422 e. The predicted octanol–water partition coefficient (Wildman–Crippen LogP) is 5.56. The Labute approximate surface area is 378 Å². The molecule has 4 fully saturated rings. The van der Waals surface area contributed by atoms with E-state index in [9.17, 15) is 14.7 Å². The molecular formula is C49H58ClN5O9. The molecule has 3 aromatic rings. The minimum Gasteiger partial charge on any atom is -0.496 e. The molecule has 0 radical (unpaired) electrons. The monoisotopic (exact) mass is 895 g/mol. The molecule has 10 atom stereocenters. The van der Waals surface area contributed by atoms with Crippen molar-refractivity contribution in [2.45, 2.75) is 99.5 Å². The molecule has 2 aromatic carbocycles. The largest absolute Gasteiger partial charge is 0.496 e. The topological polar surface area (TPSA) is 154 Å². The average Bonchev–Trinajstić information content (AvgIpc) is 4.01. The van der Waals surface area contributed by atoms with Gasteiger partial charge in [-0.3, -0.25) is 24.2 Å². The Balaban J connectivity index is 1.28. The molecule has 2 spiro atoms. The van der Waals surface area contributed by atoms with Crippen LogP contribution in [0.3, 0.4) is 0 Å². The summed E-state index contributed by atoms with van der Waals surface area (Å²) in [4.78, 5) is 70.0. The van der Waals surface area contributed by atoms with Gasteiger partial charge in [0.2, 0.25) is 0 Å². The van der Waals surface area contributed by atoms with Crippen LogP contribution in [0.5, 0.6) is 5.75 Å². The van der Waals surface area contributed by atoms with Gasteiger partial charge in [-0.1, -0.05) is 50.3 Å². The molecule has 6 aliphatic heterocycles. The molecule has 2 bridgehead atoms. The standard InChI is InChI=1S/C49H58ClN5O9/c1-7-45(60)25-30-26-48(43(58)62-6,38-32(15-21-53(27-30)28-45)31-13-9-10-14-35(31)51-38)34-23-33-36(24-37(34)61-5)52(4)40-47(33)17-22-54-19-11-16-46(8-2,39(47)54)41(63-29(3)56)49(40)42(57)55(20-12-18-50)44(59)64-49/h9-14,16,20,23-24,30,39-41,51,60H,7-8,15,17-19,21-22,25-28H2,1-6H3/b20-12+/t30-,39+,40-,41-,45+,46-,47-,48+,49+/m1/s1. The summed E-state index contributed by atoms with van der Waals surface area (Å²) in [7, 11) is 4.93. The number of rotatable bonds is 8. The summed E-state index contributed by atoms with van der Waals surface area (Å²) in [5.74, 6) is -1.31. The zero-order chi connectivity index (χ0) is 45.1. The number of carbonyl (C=O) groups excluding carboxylic acids is 4. The predicted molar refractivity (Wildman–Crippen MR) is 239 cm³/mol. The van der Waals surface area contributed by atoms with Gasteiger partial charge in [-0.25, -0.2) is 9.69 Å². The van der Waals surface area contributed by atoms with E-state index in [4.69, 9.17) is 30.5 Å². The number of carbonyl (C=O) groups is 4. The minimum absolute atomic E-state index is 0.0496. The van der Waals surface area contributed by atoms with E-state index in [1.165, 1.54) is 26.3 Å². The van der Waals surface area contributed by atoms with E-state index in [-0.39, 0.29) is 17.8 Å². The van der Waals surface area contributed by atoms with Crippen molar-refractivity contribution < 1.29 is 43.2 Å². The summed E-state index contributed by atoms with van der Waals surface area (Å²) < 4.78 is 25.4. The number of nitrogens with zero attached hydrogens (tertiary/aromatic N) is 4. The number of ether oxygens (including phenoxy) is 4. The number of piperidine rings is 1. The summed E-state index contributed by atoms with van der Waals surface area (Å²) in [5, 5.41) is 13.1. The van der Waals surface area contributed by atoms with Crippen molar-refractivity contribution in [3.63, 3.8) is 0 Å². The number of alkyl halides is 1. The smallest absolute Gasteiger partial charge is 0.422 e. The van der Waals surface area contributed by atoms with Gasteiger partial charge in [0.05, 0.1) is 25.9 Å². The van der Waals surface area contributed by atoms with Gasteiger partial charge >= 0.3 is 18.0 Å². The van der Waals surface area contributed by atoms with Crippen LogP contribution in [0.4, 0.5) is 10.5 Å². The summed E-state index contributed by atoms with van der Waals surface area (Å²) in [6.07, 6.45) is 7.95. The molecule has 10 rings (SSSR count). The van der Waals surface area contributed by atoms with Crippen LogP contribution in [0, 0.1) is 11.3 Å². The fourth-order valence-electron chi connectivity index (χ4n) is 14.2. The molecule has 3 saturated heterocycles. The first-order valence-corrected chi connectivity index (χ1v) is 23.2. The highest BCUT2D eigenvalue weighted by atomic mass is 35.5. The van der Waals surface area contributed by atoms with Crippen molar-refractivity contribution >= 4 is 52.1 Å². The van der Waals surface area contributed by atoms with Gasteiger partial charge in [-0.2, -0.15) is 0 Å². The molecule has 7 aliphatic rings. The highest BCUT2D eigenvalue weighted by Gasteiger charge is 2.84. The fourth-order valence-corrected chi connectivity index (χ4v) is 14.3. The molecule has 15 heteroatoms. The number of hydrogen-bond acceptors (Lipinski definition) is 12. The summed E-state index contributed by atoms with van der Waals surface area (Å²) in [6.45, 7) is 8.58. The lowest BCUT2D eigenvalue weighted by Gasteiger charge is -2.63. The maximum atomic E-state index is 15.5. The van der Waals surface area contributed by atoms with Crippen LogP contribution in [0.2, 0.25) is 0 Å². The number of benzene rings is 2. The number of nitrogens with one attached hydrogen (secondary N) is 1. The van der Waals surface area contributed by atoms with Crippen molar-refractivity contribution in [1.82, 2.24) is 19.7 Å². The van der Waals surface area contributed by atoms with Crippen LogP contribution >= 0.6 is 11.6 Å². The first kappa shape index (κ1) is 43.0. The van der Waals surface area contributed by atoms with Crippen molar-refractivity contribution in [1.29, 1.82) is 0 Å². The Morgan fingerprint density at radius 2 is 1.86 bits per heavy atom. The van der Waals surface area contributed by atoms with Crippen LogP contribution in [0.1, 0.15) is 75.3 Å². The van der Waals surface area contributed by atoms with Crippen molar-refractivity contribution in [2.75, 3.05) is 64.8 Å². The lowest BCUT2D eigenvalue weighted by Crippen LogP contribution is -2.81. The quantitative estimate of drug-likeness (QED) is 0.126. The lowest BCUT2D eigenvalue weighted by molar-refractivity contribution is -0.209. The Kier molecular flexibility index (Phi) is 10.1. The second kappa shape index (κ2) is 15.1. The fraction of sp³-hybridized carbons (Fsp3) is 0.551.